The van der Waals surface area contributed by atoms with Crippen molar-refractivity contribution in [2.75, 3.05) is 26.2 Å². The van der Waals surface area contributed by atoms with Crippen LogP contribution >= 0.6 is 0 Å². The third-order valence-electron chi connectivity index (χ3n) is 5.23. The van der Waals surface area contributed by atoms with Crippen LogP contribution in [-0.2, 0) is 0 Å². The Balaban J connectivity index is 1.64. The Morgan fingerprint density at radius 2 is 1.48 bits per heavy atom. The first kappa shape index (κ1) is 15.1. The predicted molar refractivity (Wildman–Crippen MR) is 88.8 cm³/mol. The summed E-state index contributed by atoms with van der Waals surface area (Å²) < 4.78 is 0. The van der Waals surface area contributed by atoms with Crippen molar-refractivity contribution in [1.29, 1.82) is 0 Å². The molecule has 0 aromatic heterocycles. The smallest absolute Gasteiger partial charge is 0.194 e. The highest BCUT2D eigenvalue weighted by molar-refractivity contribution is 5.80. The number of hydrogen-bond donors (Lipinski definition) is 2. The lowest BCUT2D eigenvalue weighted by molar-refractivity contribution is 0.323. The second-order valence-corrected chi connectivity index (χ2v) is 6.96. The predicted octanol–water partition coefficient (Wildman–Crippen LogP) is 2.50. The van der Waals surface area contributed by atoms with Crippen molar-refractivity contribution in [2.45, 2.75) is 76.3 Å². The summed E-state index contributed by atoms with van der Waals surface area (Å²) >= 11 is 0. The third-order valence-corrected chi connectivity index (χ3v) is 5.23. The van der Waals surface area contributed by atoms with Gasteiger partial charge in [0.2, 0.25) is 0 Å². The van der Waals surface area contributed by atoms with E-state index in [2.05, 4.69) is 15.5 Å². The van der Waals surface area contributed by atoms with Gasteiger partial charge in [0.25, 0.3) is 0 Å². The molecular formula is C17H32N4. The van der Waals surface area contributed by atoms with E-state index >= 15 is 0 Å². The molecule has 0 aromatic carbocycles. The van der Waals surface area contributed by atoms with Crippen molar-refractivity contribution in [3.8, 4) is 0 Å². The zero-order valence-corrected chi connectivity index (χ0v) is 13.4. The minimum Gasteiger partial charge on any atom is -0.353 e. The number of nitrogens with one attached hydrogen (secondary N) is 2. The van der Waals surface area contributed by atoms with Crippen LogP contribution in [-0.4, -0.2) is 49.1 Å². The fourth-order valence-electron chi connectivity index (χ4n) is 3.90. The minimum atomic E-state index is 0.569. The SMILES string of the molecule is C1CCC(/N=C(\NC2CCCCC2)N2CCNCC2)CC1. The maximum atomic E-state index is 5.16. The van der Waals surface area contributed by atoms with Crippen LogP contribution in [0.5, 0.6) is 0 Å². The molecule has 2 aliphatic carbocycles. The number of rotatable bonds is 2. The molecule has 0 bridgehead atoms. The monoisotopic (exact) mass is 292 g/mol. The Labute approximate surface area is 129 Å². The van der Waals surface area contributed by atoms with E-state index in [4.69, 9.17) is 4.99 Å². The molecule has 0 atom stereocenters. The Kier molecular flexibility index (Phi) is 5.78. The summed E-state index contributed by atoms with van der Waals surface area (Å²) in [5.74, 6) is 1.22. The number of nitrogens with zero attached hydrogens (tertiary/aromatic N) is 2. The van der Waals surface area contributed by atoms with Gasteiger partial charge in [-0.3, -0.25) is 0 Å². The summed E-state index contributed by atoms with van der Waals surface area (Å²) in [6, 6.07) is 1.23. The van der Waals surface area contributed by atoms with Gasteiger partial charge in [0.05, 0.1) is 6.04 Å². The second-order valence-electron chi connectivity index (χ2n) is 6.96. The first-order valence-corrected chi connectivity index (χ1v) is 9.22. The van der Waals surface area contributed by atoms with E-state index in [0.717, 1.165) is 26.2 Å². The Morgan fingerprint density at radius 3 is 2.14 bits per heavy atom. The Hall–Kier alpha value is -0.770. The Bertz CT molecular complexity index is 324. The highest BCUT2D eigenvalue weighted by Crippen LogP contribution is 2.22. The molecule has 0 aromatic rings. The Morgan fingerprint density at radius 1 is 0.857 bits per heavy atom. The van der Waals surface area contributed by atoms with Crippen LogP contribution in [0.15, 0.2) is 4.99 Å². The number of guanidine groups is 1. The zero-order chi connectivity index (χ0) is 14.3. The van der Waals surface area contributed by atoms with Crippen LogP contribution in [0, 0.1) is 0 Å². The fourth-order valence-corrected chi connectivity index (χ4v) is 3.90. The number of piperazine rings is 1. The van der Waals surface area contributed by atoms with Crippen molar-refractivity contribution < 1.29 is 0 Å². The van der Waals surface area contributed by atoms with Crippen LogP contribution < -0.4 is 10.6 Å². The molecule has 3 rings (SSSR count). The van der Waals surface area contributed by atoms with Crippen molar-refractivity contribution in [1.82, 2.24) is 15.5 Å². The topological polar surface area (TPSA) is 39.7 Å². The van der Waals surface area contributed by atoms with Gasteiger partial charge in [-0.15, -0.1) is 0 Å². The second kappa shape index (κ2) is 8.02. The fraction of sp³-hybridized carbons (Fsp3) is 0.941. The molecule has 0 spiro atoms. The van der Waals surface area contributed by atoms with E-state index in [1.807, 2.05) is 0 Å². The van der Waals surface area contributed by atoms with Gasteiger partial charge in [0, 0.05) is 32.2 Å². The van der Waals surface area contributed by atoms with Crippen molar-refractivity contribution in [3.05, 3.63) is 0 Å². The van der Waals surface area contributed by atoms with E-state index in [-0.39, 0.29) is 0 Å². The first-order valence-electron chi connectivity index (χ1n) is 9.22. The molecule has 1 saturated heterocycles. The summed E-state index contributed by atoms with van der Waals surface area (Å²) in [6.07, 6.45) is 13.6. The number of aliphatic imine (C=N–C) groups is 1. The largest absolute Gasteiger partial charge is 0.353 e. The molecule has 120 valence electrons. The van der Waals surface area contributed by atoms with Gasteiger partial charge in [0.15, 0.2) is 5.96 Å². The van der Waals surface area contributed by atoms with Crippen LogP contribution in [0.1, 0.15) is 64.2 Å². The molecule has 2 saturated carbocycles. The van der Waals surface area contributed by atoms with Crippen molar-refractivity contribution in [3.63, 3.8) is 0 Å². The van der Waals surface area contributed by atoms with Crippen LogP contribution in [0.3, 0.4) is 0 Å². The lowest BCUT2D eigenvalue weighted by Crippen LogP contribution is -2.53. The molecule has 4 nitrogen and oxygen atoms in total. The standard InChI is InChI=1S/C17H32N4/c1-3-7-15(8-4-1)19-17(21-13-11-18-12-14-21)20-16-9-5-2-6-10-16/h15-16,18H,1-14H2,(H,19,20). The van der Waals surface area contributed by atoms with Crippen molar-refractivity contribution >= 4 is 5.96 Å². The lowest BCUT2D eigenvalue weighted by atomic mass is 9.95. The van der Waals surface area contributed by atoms with Crippen LogP contribution in [0.4, 0.5) is 0 Å². The summed E-state index contributed by atoms with van der Waals surface area (Å²) in [4.78, 5) is 7.64. The van der Waals surface area contributed by atoms with E-state index in [1.54, 1.807) is 0 Å². The zero-order valence-electron chi connectivity index (χ0n) is 13.4. The van der Waals surface area contributed by atoms with Crippen molar-refractivity contribution in [2.24, 2.45) is 4.99 Å². The first-order chi connectivity index (χ1) is 10.4. The van der Waals surface area contributed by atoms with E-state index in [0.29, 0.717) is 12.1 Å². The number of hydrogen-bond acceptors (Lipinski definition) is 2. The van der Waals surface area contributed by atoms with Gasteiger partial charge in [-0.05, 0) is 25.7 Å². The molecule has 0 unspecified atom stereocenters. The van der Waals surface area contributed by atoms with Gasteiger partial charge >= 0.3 is 0 Å². The lowest BCUT2D eigenvalue weighted by Gasteiger charge is -2.35. The quantitative estimate of drug-likeness (QED) is 0.607. The van der Waals surface area contributed by atoms with Gasteiger partial charge in [-0.1, -0.05) is 38.5 Å². The van der Waals surface area contributed by atoms with Crippen LogP contribution in [0.2, 0.25) is 0 Å². The summed E-state index contributed by atoms with van der Waals surface area (Å²) in [6.45, 7) is 4.39. The van der Waals surface area contributed by atoms with Gasteiger partial charge < -0.3 is 15.5 Å². The van der Waals surface area contributed by atoms with E-state index in [1.165, 1.54) is 70.2 Å². The average Bonchev–Trinajstić information content (AvgIpc) is 2.57. The van der Waals surface area contributed by atoms with Gasteiger partial charge in [0.1, 0.15) is 0 Å². The maximum absolute atomic E-state index is 5.16. The molecular weight excluding hydrogens is 260 g/mol. The summed E-state index contributed by atoms with van der Waals surface area (Å²) in [5, 5.41) is 7.27. The van der Waals surface area contributed by atoms with Crippen LogP contribution in [0.25, 0.3) is 0 Å². The summed E-state index contributed by atoms with van der Waals surface area (Å²) in [7, 11) is 0. The molecule has 4 heteroatoms. The molecule has 0 amide bonds. The van der Waals surface area contributed by atoms with Gasteiger partial charge in [-0.25, -0.2) is 4.99 Å². The van der Waals surface area contributed by atoms with E-state index in [9.17, 15) is 0 Å². The summed E-state index contributed by atoms with van der Waals surface area (Å²) in [5.41, 5.74) is 0. The molecule has 1 heterocycles. The van der Waals surface area contributed by atoms with Gasteiger partial charge in [-0.2, -0.15) is 0 Å². The molecule has 2 N–H and O–H groups in total. The molecule has 3 fully saturated rings. The molecule has 3 aliphatic rings. The average molecular weight is 292 g/mol. The highest BCUT2D eigenvalue weighted by atomic mass is 15.3. The molecule has 21 heavy (non-hydrogen) atoms. The molecule has 0 radical (unpaired) electrons. The molecule has 1 aliphatic heterocycles. The third kappa shape index (κ3) is 4.60. The normalized spacial score (nSPS) is 26.9. The minimum absolute atomic E-state index is 0.569. The maximum Gasteiger partial charge on any atom is 0.194 e. The van der Waals surface area contributed by atoms with E-state index < -0.39 is 0 Å². The highest BCUT2D eigenvalue weighted by Gasteiger charge is 2.22.